The molecule has 1 aliphatic heterocycles. The van der Waals surface area contributed by atoms with E-state index in [0.29, 0.717) is 12.5 Å². The Balaban J connectivity index is 1.31. The summed E-state index contributed by atoms with van der Waals surface area (Å²) < 4.78 is 30.0. The zero-order chi connectivity index (χ0) is 21.4. The molecular weight excluding hydrogens is 408 g/mol. The van der Waals surface area contributed by atoms with Gasteiger partial charge in [-0.1, -0.05) is 36.4 Å². The molecule has 31 heavy (non-hydrogen) atoms. The van der Waals surface area contributed by atoms with Crippen LogP contribution in [0.5, 0.6) is 0 Å². The van der Waals surface area contributed by atoms with Crippen LogP contribution in [0.4, 0.5) is 0 Å². The second-order valence-electron chi connectivity index (χ2n) is 8.49. The molecule has 160 valence electrons. The van der Waals surface area contributed by atoms with Gasteiger partial charge >= 0.3 is 0 Å². The third-order valence-electron chi connectivity index (χ3n) is 6.21. The topological polar surface area (TPSA) is 71.0 Å². The van der Waals surface area contributed by atoms with Crippen molar-refractivity contribution in [1.82, 2.24) is 19.1 Å². The standard InChI is InChI=1S/C24H26N4O2S/c1-18-11-20(16-28(18)31(29,30)17-19-5-3-2-4-6-19)15-27-10-9-22-12-21(7-8-24(22)27)23-13-25-26-14-23/h2-10,12-14,18,20H,11,15-17H2,1H3,(H,25,26). The molecule has 2 atom stereocenters. The van der Waals surface area contributed by atoms with Crippen LogP contribution in [0.2, 0.25) is 0 Å². The number of hydrogen-bond donors (Lipinski definition) is 1. The Morgan fingerprint density at radius 2 is 1.94 bits per heavy atom. The fraction of sp³-hybridized carbons (Fsp3) is 0.292. The van der Waals surface area contributed by atoms with Crippen molar-refractivity contribution in [3.05, 3.63) is 78.8 Å². The molecule has 2 unspecified atom stereocenters. The highest BCUT2D eigenvalue weighted by Gasteiger charge is 2.37. The van der Waals surface area contributed by atoms with Crippen LogP contribution in [-0.4, -0.2) is 40.1 Å². The monoisotopic (exact) mass is 434 g/mol. The van der Waals surface area contributed by atoms with E-state index in [1.165, 1.54) is 10.9 Å². The molecule has 1 fully saturated rings. The molecule has 3 heterocycles. The Kier molecular flexibility index (Phi) is 5.16. The van der Waals surface area contributed by atoms with Crippen molar-refractivity contribution in [2.75, 3.05) is 6.54 Å². The first kappa shape index (κ1) is 20.0. The molecule has 1 aliphatic rings. The van der Waals surface area contributed by atoms with E-state index >= 15 is 0 Å². The molecule has 1 N–H and O–H groups in total. The highest BCUT2D eigenvalue weighted by molar-refractivity contribution is 7.88. The lowest BCUT2D eigenvalue weighted by atomic mass is 10.1. The fourth-order valence-corrected chi connectivity index (χ4v) is 6.57. The highest BCUT2D eigenvalue weighted by Crippen LogP contribution is 2.31. The van der Waals surface area contributed by atoms with Crippen LogP contribution in [0, 0.1) is 5.92 Å². The van der Waals surface area contributed by atoms with E-state index in [1.54, 1.807) is 4.31 Å². The van der Waals surface area contributed by atoms with E-state index in [4.69, 9.17) is 0 Å². The fourth-order valence-electron chi connectivity index (χ4n) is 4.72. The minimum Gasteiger partial charge on any atom is -0.347 e. The largest absolute Gasteiger partial charge is 0.347 e. The van der Waals surface area contributed by atoms with Gasteiger partial charge in [0.2, 0.25) is 10.0 Å². The normalized spacial score (nSPS) is 19.9. The van der Waals surface area contributed by atoms with Crippen LogP contribution in [0.25, 0.3) is 22.0 Å². The Morgan fingerprint density at radius 3 is 2.71 bits per heavy atom. The molecule has 1 saturated heterocycles. The van der Waals surface area contributed by atoms with E-state index in [1.807, 2.05) is 49.6 Å². The first-order valence-corrected chi connectivity index (χ1v) is 12.2. The number of nitrogens with one attached hydrogen (secondary N) is 1. The summed E-state index contributed by atoms with van der Waals surface area (Å²) in [6, 6.07) is 18.0. The lowest BCUT2D eigenvalue weighted by Crippen LogP contribution is -2.35. The summed E-state index contributed by atoms with van der Waals surface area (Å²) in [7, 11) is -3.33. The van der Waals surface area contributed by atoms with Crippen LogP contribution in [0.1, 0.15) is 18.9 Å². The Hall–Kier alpha value is -2.90. The molecule has 0 saturated carbocycles. The van der Waals surface area contributed by atoms with Crippen molar-refractivity contribution in [2.45, 2.75) is 31.7 Å². The molecule has 5 rings (SSSR count). The van der Waals surface area contributed by atoms with E-state index in [0.717, 1.165) is 29.7 Å². The molecule has 0 spiro atoms. The van der Waals surface area contributed by atoms with Gasteiger partial charge in [0.05, 0.1) is 11.9 Å². The first-order chi connectivity index (χ1) is 15.0. The Labute approximate surface area is 182 Å². The number of H-pyrrole nitrogens is 1. The minimum absolute atomic E-state index is 0.0215. The molecule has 0 amide bonds. The zero-order valence-electron chi connectivity index (χ0n) is 17.5. The van der Waals surface area contributed by atoms with E-state index < -0.39 is 10.0 Å². The lowest BCUT2D eigenvalue weighted by molar-refractivity contribution is 0.399. The lowest BCUT2D eigenvalue weighted by Gasteiger charge is -2.21. The summed E-state index contributed by atoms with van der Waals surface area (Å²) in [5, 5.41) is 8.06. The third-order valence-corrected chi connectivity index (χ3v) is 8.13. The van der Waals surface area contributed by atoms with E-state index in [9.17, 15) is 8.42 Å². The van der Waals surface area contributed by atoms with E-state index in [2.05, 4.69) is 45.2 Å². The number of hydrogen-bond acceptors (Lipinski definition) is 3. The van der Waals surface area contributed by atoms with Crippen LogP contribution in [0.15, 0.2) is 73.2 Å². The van der Waals surface area contributed by atoms with Gasteiger partial charge in [-0.3, -0.25) is 5.10 Å². The van der Waals surface area contributed by atoms with Gasteiger partial charge < -0.3 is 4.57 Å². The van der Waals surface area contributed by atoms with Crippen molar-refractivity contribution in [2.24, 2.45) is 5.92 Å². The van der Waals surface area contributed by atoms with Gasteiger partial charge in [0.25, 0.3) is 0 Å². The number of nitrogens with zero attached hydrogens (tertiary/aromatic N) is 3. The quantitative estimate of drug-likeness (QED) is 0.493. The van der Waals surface area contributed by atoms with Crippen LogP contribution < -0.4 is 0 Å². The van der Waals surface area contributed by atoms with Crippen LogP contribution in [0.3, 0.4) is 0 Å². The summed E-state index contributed by atoms with van der Waals surface area (Å²) in [5.41, 5.74) is 4.21. The number of aromatic nitrogens is 3. The number of rotatable bonds is 6. The molecule has 0 radical (unpaired) electrons. The highest BCUT2D eigenvalue weighted by atomic mass is 32.2. The van der Waals surface area contributed by atoms with Gasteiger partial charge in [-0.2, -0.15) is 9.40 Å². The summed E-state index contributed by atoms with van der Waals surface area (Å²) in [4.78, 5) is 0. The van der Waals surface area contributed by atoms with Gasteiger partial charge in [-0.05, 0) is 48.6 Å². The van der Waals surface area contributed by atoms with Gasteiger partial charge in [-0.15, -0.1) is 0 Å². The predicted molar refractivity (Wildman–Crippen MR) is 123 cm³/mol. The first-order valence-electron chi connectivity index (χ1n) is 10.6. The Morgan fingerprint density at radius 1 is 1.10 bits per heavy atom. The maximum atomic E-state index is 13.0. The van der Waals surface area contributed by atoms with Crippen LogP contribution >= 0.6 is 0 Å². The molecule has 7 heteroatoms. The zero-order valence-corrected chi connectivity index (χ0v) is 18.3. The molecule has 2 aromatic carbocycles. The van der Waals surface area contributed by atoms with Gasteiger partial charge in [0.15, 0.2) is 0 Å². The number of fused-ring (bicyclic) bond motifs is 1. The van der Waals surface area contributed by atoms with Crippen molar-refractivity contribution >= 4 is 20.9 Å². The van der Waals surface area contributed by atoms with Crippen molar-refractivity contribution in [1.29, 1.82) is 0 Å². The molecular formula is C24H26N4O2S. The summed E-state index contributed by atoms with van der Waals surface area (Å²) >= 11 is 0. The third kappa shape index (κ3) is 4.03. The molecule has 4 aromatic rings. The van der Waals surface area contributed by atoms with Gasteiger partial charge in [-0.25, -0.2) is 8.42 Å². The van der Waals surface area contributed by atoms with E-state index in [-0.39, 0.29) is 11.8 Å². The van der Waals surface area contributed by atoms with Crippen molar-refractivity contribution < 1.29 is 8.42 Å². The van der Waals surface area contributed by atoms with Crippen molar-refractivity contribution in [3.8, 4) is 11.1 Å². The summed E-state index contributed by atoms with van der Waals surface area (Å²) in [6.07, 6.45) is 6.70. The maximum Gasteiger partial charge on any atom is 0.218 e. The smallest absolute Gasteiger partial charge is 0.218 e. The van der Waals surface area contributed by atoms with Crippen molar-refractivity contribution in [3.63, 3.8) is 0 Å². The Bertz CT molecular complexity index is 1280. The summed E-state index contributed by atoms with van der Waals surface area (Å²) in [6.45, 7) is 3.41. The number of sulfonamides is 1. The van der Waals surface area contributed by atoms with Crippen LogP contribution in [-0.2, 0) is 22.3 Å². The second-order valence-corrected chi connectivity index (χ2v) is 10.4. The second kappa shape index (κ2) is 7.98. The average Bonchev–Trinajstić information content (AvgIpc) is 3.49. The number of benzene rings is 2. The maximum absolute atomic E-state index is 13.0. The molecule has 0 bridgehead atoms. The van der Waals surface area contributed by atoms with Gasteiger partial charge in [0, 0.05) is 48.0 Å². The minimum atomic E-state index is -3.33. The summed E-state index contributed by atoms with van der Waals surface area (Å²) in [5.74, 6) is 0.360. The molecule has 0 aliphatic carbocycles. The number of aromatic amines is 1. The average molecular weight is 435 g/mol. The molecule has 6 nitrogen and oxygen atoms in total. The SMILES string of the molecule is CC1CC(Cn2ccc3cc(-c4cn[nH]c4)ccc32)CN1S(=O)(=O)Cc1ccccc1. The van der Waals surface area contributed by atoms with Gasteiger partial charge in [0.1, 0.15) is 0 Å². The molecule has 2 aromatic heterocycles. The predicted octanol–water partition coefficient (Wildman–Crippen LogP) is 4.27.